The van der Waals surface area contributed by atoms with Crippen molar-refractivity contribution in [1.82, 2.24) is 15.2 Å². The lowest BCUT2D eigenvalue weighted by atomic mass is 10.2. The molecular weight excluding hydrogens is 352 g/mol. The van der Waals surface area contributed by atoms with Gasteiger partial charge in [0.25, 0.3) is 5.89 Å². The van der Waals surface area contributed by atoms with Gasteiger partial charge in [0.1, 0.15) is 17.3 Å². The van der Waals surface area contributed by atoms with Gasteiger partial charge >= 0.3 is 6.18 Å². The van der Waals surface area contributed by atoms with E-state index in [1.54, 1.807) is 0 Å². The van der Waals surface area contributed by atoms with Gasteiger partial charge in [-0.15, -0.1) is 10.2 Å². The van der Waals surface area contributed by atoms with Gasteiger partial charge < -0.3 is 9.73 Å². The van der Waals surface area contributed by atoms with E-state index in [0.717, 1.165) is 18.6 Å². The first-order chi connectivity index (χ1) is 12.4. The smallest absolute Gasteiger partial charge is 0.421 e. The topological polar surface area (TPSA) is 63.8 Å². The van der Waals surface area contributed by atoms with Gasteiger partial charge in [0.2, 0.25) is 5.89 Å². The van der Waals surface area contributed by atoms with Crippen LogP contribution in [0.3, 0.4) is 0 Å². The molecule has 0 saturated carbocycles. The van der Waals surface area contributed by atoms with Gasteiger partial charge in [0, 0.05) is 12.1 Å². The zero-order chi connectivity index (χ0) is 18.7. The minimum atomic E-state index is -4.63. The van der Waals surface area contributed by atoms with Crippen LogP contribution in [0.1, 0.15) is 24.9 Å². The molecule has 0 fully saturated rings. The maximum atomic E-state index is 13.4. The van der Waals surface area contributed by atoms with Gasteiger partial charge in [0.15, 0.2) is 0 Å². The Bertz CT molecular complexity index is 908. The number of aromatic nitrogens is 3. The van der Waals surface area contributed by atoms with Crippen molar-refractivity contribution in [2.45, 2.75) is 25.9 Å². The molecule has 9 heteroatoms. The van der Waals surface area contributed by atoms with Crippen LogP contribution in [0.15, 0.2) is 40.8 Å². The van der Waals surface area contributed by atoms with Gasteiger partial charge in [-0.05, 0) is 36.8 Å². The number of hydrogen-bond donors (Lipinski definition) is 1. The van der Waals surface area contributed by atoms with Crippen molar-refractivity contribution in [3.8, 4) is 11.5 Å². The number of aryl methyl sites for hydroxylation is 1. The normalized spacial score (nSPS) is 11.6. The highest BCUT2D eigenvalue weighted by atomic mass is 19.4. The standard InChI is InChI=1S/C17H14F4N4O/c1-2-4-14-24-25-16(26-14)12-7-8-13(17(19,20)21)23-15(12)22-11-6-3-5-10(18)9-11/h3,5-9H,2,4H2,1H3,(H,22,23). The molecule has 1 aromatic carbocycles. The van der Waals surface area contributed by atoms with Crippen LogP contribution in [0.4, 0.5) is 29.1 Å². The van der Waals surface area contributed by atoms with E-state index >= 15 is 0 Å². The van der Waals surface area contributed by atoms with Gasteiger partial charge in [0.05, 0.1) is 5.56 Å². The lowest BCUT2D eigenvalue weighted by Gasteiger charge is -2.12. The lowest BCUT2D eigenvalue weighted by molar-refractivity contribution is -0.141. The predicted octanol–water partition coefficient (Wildman–Crippen LogP) is 4.99. The summed E-state index contributed by atoms with van der Waals surface area (Å²) in [6.07, 6.45) is -3.30. The molecule has 136 valence electrons. The number of benzene rings is 1. The largest absolute Gasteiger partial charge is 0.433 e. The summed E-state index contributed by atoms with van der Waals surface area (Å²) in [5.74, 6) is -0.281. The van der Waals surface area contributed by atoms with Crippen LogP contribution >= 0.6 is 0 Å². The molecule has 2 aromatic heterocycles. The summed E-state index contributed by atoms with van der Waals surface area (Å²) in [4.78, 5) is 3.61. The van der Waals surface area contributed by atoms with Crippen molar-refractivity contribution in [3.63, 3.8) is 0 Å². The molecule has 0 aliphatic heterocycles. The first kappa shape index (κ1) is 17.8. The molecule has 0 spiro atoms. The summed E-state index contributed by atoms with van der Waals surface area (Å²) in [5.41, 5.74) is -0.656. The Hall–Kier alpha value is -2.97. The average molecular weight is 366 g/mol. The molecule has 0 aliphatic carbocycles. The van der Waals surface area contributed by atoms with Crippen molar-refractivity contribution in [2.24, 2.45) is 0 Å². The highest BCUT2D eigenvalue weighted by Crippen LogP contribution is 2.34. The average Bonchev–Trinajstić information content (AvgIpc) is 3.03. The van der Waals surface area contributed by atoms with Gasteiger partial charge in [-0.25, -0.2) is 9.37 Å². The molecule has 0 saturated heterocycles. The molecule has 0 bridgehead atoms. The second-order valence-corrected chi connectivity index (χ2v) is 5.48. The van der Waals surface area contributed by atoms with Crippen molar-refractivity contribution in [1.29, 1.82) is 0 Å². The molecule has 0 amide bonds. The number of alkyl halides is 3. The minimum Gasteiger partial charge on any atom is -0.421 e. The second kappa shape index (κ2) is 7.11. The van der Waals surface area contributed by atoms with Crippen molar-refractivity contribution < 1.29 is 22.0 Å². The number of nitrogens with zero attached hydrogens (tertiary/aromatic N) is 3. The molecular formula is C17H14F4N4O. The van der Waals surface area contributed by atoms with Crippen LogP contribution in [0, 0.1) is 5.82 Å². The van der Waals surface area contributed by atoms with E-state index in [4.69, 9.17) is 4.42 Å². The van der Waals surface area contributed by atoms with E-state index in [1.165, 1.54) is 24.3 Å². The number of pyridine rings is 1. The quantitative estimate of drug-likeness (QED) is 0.645. The van der Waals surface area contributed by atoms with E-state index in [-0.39, 0.29) is 23.0 Å². The van der Waals surface area contributed by atoms with Crippen LogP contribution in [0.2, 0.25) is 0 Å². The molecule has 26 heavy (non-hydrogen) atoms. The highest BCUT2D eigenvalue weighted by Gasteiger charge is 2.33. The Morgan fingerprint density at radius 1 is 1.12 bits per heavy atom. The zero-order valence-electron chi connectivity index (χ0n) is 13.6. The van der Waals surface area contributed by atoms with Crippen molar-refractivity contribution >= 4 is 11.5 Å². The molecule has 3 aromatic rings. The third kappa shape index (κ3) is 3.98. The summed E-state index contributed by atoms with van der Waals surface area (Å²) in [7, 11) is 0. The monoisotopic (exact) mass is 366 g/mol. The first-order valence-corrected chi connectivity index (χ1v) is 7.80. The number of nitrogens with one attached hydrogen (secondary N) is 1. The Morgan fingerprint density at radius 3 is 2.62 bits per heavy atom. The molecule has 0 aliphatic rings. The lowest BCUT2D eigenvalue weighted by Crippen LogP contribution is -2.10. The van der Waals surface area contributed by atoms with Crippen LogP contribution in [0.25, 0.3) is 11.5 Å². The Kier molecular flexibility index (Phi) is 4.88. The number of rotatable bonds is 5. The van der Waals surface area contributed by atoms with Crippen LogP contribution in [-0.4, -0.2) is 15.2 Å². The Morgan fingerprint density at radius 2 is 1.92 bits per heavy atom. The predicted molar refractivity (Wildman–Crippen MR) is 86.2 cm³/mol. The number of hydrogen-bond acceptors (Lipinski definition) is 5. The highest BCUT2D eigenvalue weighted by molar-refractivity contribution is 5.73. The fourth-order valence-electron chi connectivity index (χ4n) is 2.27. The van der Waals surface area contributed by atoms with Gasteiger partial charge in [-0.2, -0.15) is 13.2 Å². The number of halogens is 4. The SMILES string of the molecule is CCCc1nnc(-c2ccc(C(F)(F)F)nc2Nc2cccc(F)c2)o1. The Labute approximate surface area is 146 Å². The summed E-state index contributed by atoms with van der Waals surface area (Å²) in [5, 5.41) is 10.4. The minimum absolute atomic E-state index is 0.0357. The molecule has 0 radical (unpaired) electrons. The van der Waals surface area contributed by atoms with E-state index in [2.05, 4.69) is 20.5 Å². The summed E-state index contributed by atoms with van der Waals surface area (Å²) in [6.45, 7) is 1.93. The molecule has 2 heterocycles. The summed E-state index contributed by atoms with van der Waals surface area (Å²) in [6, 6.07) is 7.32. The van der Waals surface area contributed by atoms with Crippen LogP contribution in [0.5, 0.6) is 0 Å². The van der Waals surface area contributed by atoms with Crippen LogP contribution in [-0.2, 0) is 12.6 Å². The molecule has 5 nitrogen and oxygen atoms in total. The molecule has 0 atom stereocenters. The molecule has 1 N–H and O–H groups in total. The van der Waals surface area contributed by atoms with Crippen molar-refractivity contribution in [3.05, 3.63) is 53.8 Å². The summed E-state index contributed by atoms with van der Waals surface area (Å²) < 4.78 is 57.9. The number of anilines is 2. The fraction of sp³-hybridized carbons (Fsp3) is 0.235. The first-order valence-electron chi connectivity index (χ1n) is 7.80. The molecule has 3 rings (SSSR count). The fourth-order valence-corrected chi connectivity index (χ4v) is 2.27. The molecule has 0 unspecified atom stereocenters. The van der Waals surface area contributed by atoms with E-state index in [9.17, 15) is 17.6 Å². The van der Waals surface area contributed by atoms with E-state index in [1.807, 2.05) is 6.92 Å². The summed E-state index contributed by atoms with van der Waals surface area (Å²) >= 11 is 0. The zero-order valence-corrected chi connectivity index (χ0v) is 13.6. The maximum absolute atomic E-state index is 13.4. The third-order valence-corrected chi connectivity index (χ3v) is 3.43. The van der Waals surface area contributed by atoms with E-state index < -0.39 is 17.7 Å². The van der Waals surface area contributed by atoms with Crippen molar-refractivity contribution in [2.75, 3.05) is 5.32 Å². The maximum Gasteiger partial charge on any atom is 0.433 e. The Balaban J connectivity index is 2.04. The van der Waals surface area contributed by atoms with Gasteiger partial charge in [-0.3, -0.25) is 0 Å². The van der Waals surface area contributed by atoms with E-state index in [0.29, 0.717) is 12.3 Å². The third-order valence-electron chi connectivity index (χ3n) is 3.43. The van der Waals surface area contributed by atoms with Crippen LogP contribution < -0.4 is 5.32 Å². The van der Waals surface area contributed by atoms with Gasteiger partial charge in [-0.1, -0.05) is 13.0 Å². The second-order valence-electron chi connectivity index (χ2n) is 5.48.